The summed E-state index contributed by atoms with van der Waals surface area (Å²) in [7, 11) is 1.40. The standard InChI is InChI=1S/C25H22ClN5O5/c1-36-25-27-13-16-11-17(24(35)30-21(16)31-25)23(34)29-20-12-15(7-8-18(20)26)22(33)28-19(9-10-32)14-5-3-2-4-6-14/h2-8,11-13,19,32H,9-10H2,1H3,(H,28,33)(H,29,34)(H,27,30,31,35). The molecule has 10 nitrogen and oxygen atoms in total. The number of anilines is 1. The van der Waals surface area contributed by atoms with Crippen molar-refractivity contribution in [2.75, 3.05) is 19.0 Å². The molecule has 2 heterocycles. The number of aromatic nitrogens is 3. The van der Waals surface area contributed by atoms with Gasteiger partial charge in [0.05, 0.1) is 23.9 Å². The summed E-state index contributed by atoms with van der Waals surface area (Å²) in [6.45, 7) is -0.111. The molecule has 36 heavy (non-hydrogen) atoms. The largest absolute Gasteiger partial charge is 0.467 e. The van der Waals surface area contributed by atoms with Crippen LogP contribution in [-0.2, 0) is 0 Å². The number of nitrogens with one attached hydrogen (secondary N) is 3. The van der Waals surface area contributed by atoms with E-state index in [0.29, 0.717) is 11.8 Å². The molecule has 0 aliphatic heterocycles. The van der Waals surface area contributed by atoms with Crippen molar-refractivity contribution in [1.29, 1.82) is 0 Å². The summed E-state index contributed by atoms with van der Waals surface area (Å²) in [5.41, 5.74) is 0.602. The Morgan fingerprint density at radius 3 is 2.64 bits per heavy atom. The van der Waals surface area contributed by atoms with Gasteiger partial charge in [0.25, 0.3) is 17.4 Å². The second-order valence-corrected chi connectivity index (χ2v) is 8.18. The van der Waals surface area contributed by atoms with Gasteiger partial charge in [-0.2, -0.15) is 4.98 Å². The van der Waals surface area contributed by atoms with Crippen LogP contribution in [0.5, 0.6) is 6.01 Å². The van der Waals surface area contributed by atoms with Gasteiger partial charge in [-0.3, -0.25) is 14.4 Å². The number of hydrogen-bond donors (Lipinski definition) is 4. The average Bonchev–Trinajstić information content (AvgIpc) is 2.89. The Morgan fingerprint density at radius 2 is 1.92 bits per heavy atom. The van der Waals surface area contributed by atoms with E-state index in [4.69, 9.17) is 16.3 Å². The molecule has 0 saturated carbocycles. The summed E-state index contributed by atoms with van der Waals surface area (Å²) in [6, 6.07) is 14.7. The van der Waals surface area contributed by atoms with Gasteiger partial charge >= 0.3 is 6.01 Å². The van der Waals surface area contributed by atoms with E-state index in [-0.39, 0.29) is 40.1 Å². The number of carbonyl (C=O) groups excluding carboxylic acids is 2. The monoisotopic (exact) mass is 507 g/mol. The van der Waals surface area contributed by atoms with E-state index in [1.165, 1.54) is 37.6 Å². The van der Waals surface area contributed by atoms with Crippen LogP contribution in [0.15, 0.2) is 65.6 Å². The molecule has 0 bridgehead atoms. The predicted octanol–water partition coefficient (Wildman–Crippen LogP) is 3.09. The lowest BCUT2D eigenvalue weighted by Crippen LogP contribution is -2.29. The molecule has 0 aliphatic rings. The molecular formula is C25H22ClN5O5. The van der Waals surface area contributed by atoms with Crippen LogP contribution >= 0.6 is 11.6 Å². The molecule has 184 valence electrons. The molecule has 2 aromatic carbocycles. The molecule has 0 saturated heterocycles. The number of benzene rings is 2. The van der Waals surface area contributed by atoms with Crippen molar-refractivity contribution in [1.82, 2.24) is 20.3 Å². The average molecular weight is 508 g/mol. The smallest absolute Gasteiger partial charge is 0.318 e. The molecule has 0 radical (unpaired) electrons. The minimum atomic E-state index is -0.726. The third-order valence-electron chi connectivity index (χ3n) is 5.40. The summed E-state index contributed by atoms with van der Waals surface area (Å²) < 4.78 is 4.94. The first kappa shape index (κ1) is 24.8. The van der Waals surface area contributed by atoms with Crippen LogP contribution in [-0.4, -0.2) is 45.6 Å². The Hall–Kier alpha value is -4.28. The van der Waals surface area contributed by atoms with Crippen LogP contribution in [0.2, 0.25) is 5.02 Å². The second-order valence-electron chi connectivity index (χ2n) is 7.77. The number of aliphatic hydroxyl groups excluding tert-OH is 1. The highest BCUT2D eigenvalue weighted by molar-refractivity contribution is 6.34. The molecule has 2 amide bonds. The van der Waals surface area contributed by atoms with Crippen LogP contribution in [0.1, 0.15) is 38.7 Å². The lowest BCUT2D eigenvalue weighted by Gasteiger charge is -2.19. The molecule has 4 N–H and O–H groups in total. The Labute approximate surface area is 210 Å². The van der Waals surface area contributed by atoms with Gasteiger partial charge < -0.3 is 25.5 Å². The quantitative estimate of drug-likeness (QED) is 0.286. The number of carbonyl (C=O) groups is 2. The Bertz CT molecular complexity index is 1480. The van der Waals surface area contributed by atoms with E-state index < -0.39 is 23.4 Å². The molecule has 0 fully saturated rings. The number of methoxy groups -OCH3 is 1. The minimum absolute atomic E-state index is 0.0747. The first-order valence-electron chi connectivity index (χ1n) is 10.9. The van der Waals surface area contributed by atoms with E-state index in [1.54, 1.807) is 0 Å². The molecule has 1 unspecified atom stereocenters. The van der Waals surface area contributed by atoms with Crippen LogP contribution < -0.4 is 20.9 Å². The summed E-state index contributed by atoms with van der Waals surface area (Å²) >= 11 is 6.25. The van der Waals surface area contributed by atoms with Gasteiger partial charge in [0.1, 0.15) is 11.2 Å². The third-order valence-corrected chi connectivity index (χ3v) is 5.73. The fourth-order valence-electron chi connectivity index (χ4n) is 3.57. The Kier molecular flexibility index (Phi) is 7.57. The normalized spacial score (nSPS) is 11.6. The van der Waals surface area contributed by atoms with E-state index >= 15 is 0 Å². The van der Waals surface area contributed by atoms with Gasteiger partial charge in [-0.25, -0.2) is 4.98 Å². The molecule has 11 heteroatoms. The summed E-state index contributed by atoms with van der Waals surface area (Å²) in [4.78, 5) is 48.9. The van der Waals surface area contributed by atoms with Crippen LogP contribution in [0.4, 0.5) is 5.69 Å². The predicted molar refractivity (Wildman–Crippen MR) is 134 cm³/mol. The SMILES string of the molecule is COc1ncc2cc(C(=O)Nc3cc(C(=O)NC(CCO)c4ccccc4)ccc3Cl)c(=O)[nH]c2n1. The maximum Gasteiger partial charge on any atom is 0.318 e. The lowest BCUT2D eigenvalue weighted by molar-refractivity contribution is 0.0928. The molecule has 1 atom stereocenters. The van der Waals surface area contributed by atoms with Gasteiger partial charge in [0.2, 0.25) is 0 Å². The maximum atomic E-state index is 12.9. The molecule has 4 aromatic rings. The van der Waals surface area contributed by atoms with Crippen molar-refractivity contribution in [3.63, 3.8) is 0 Å². The zero-order valence-corrected chi connectivity index (χ0v) is 19.9. The molecule has 2 aromatic heterocycles. The number of amides is 2. The molecule has 4 rings (SSSR count). The van der Waals surface area contributed by atoms with Gasteiger partial charge in [-0.15, -0.1) is 0 Å². The fraction of sp³-hybridized carbons (Fsp3) is 0.160. The Balaban J connectivity index is 1.56. The fourth-order valence-corrected chi connectivity index (χ4v) is 3.74. The highest BCUT2D eigenvalue weighted by atomic mass is 35.5. The van der Waals surface area contributed by atoms with E-state index in [0.717, 1.165) is 5.56 Å². The first-order valence-corrected chi connectivity index (χ1v) is 11.3. The van der Waals surface area contributed by atoms with Crippen molar-refractivity contribution < 1.29 is 19.4 Å². The maximum absolute atomic E-state index is 12.9. The van der Waals surface area contributed by atoms with Gasteiger partial charge in [-0.05, 0) is 36.2 Å². The highest BCUT2D eigenvalue weighted by Crippen LogP contribution is 2.25. The van der Waals surface area contributed by atoms with Crippen molar-refractivity contribution in [3.05, 3.63) is 92.9 Å². The number of aromatic amines is 1. The van der Waals surface area contributed by atoms with Gasteiger partial charge in [-0.1, -0.05) is 41.9 Å². The van der Waals surface area contributed by atoms with Crippen molar-refractivity contribution in [3.8, 4) is 6.01 Å². The number of pyridine rings is 1. The van der Waals surface area contributed by atoms with Gasteiger partial charge in [0, 0.05) is 23.8 Å². The number of ether oxygens (including phenoxy) is 1. The van der Waals surface area contributed by atoms with Crippen molar-refractivity contribution >= 4 is 40.1 Å². The number of H-pyrrole nitrogens is 1. The number of hydrogen-bond acceptors (Lipinski definition) is 7. The highest BCUT2D eigenvalue weighted by Gasteiger charge is 2.19. The first-order chi connectivity index (χ1) is 17.4. The third kappa shape index (κ3) is 5.51. The van der Waals surface area contributed by atoms with E-state index in [2.05, 4.69) is 25.6 Å². The van der Waals surface area contributed by atoms with E-state index in [1.807, 2.05) is 30.3 Å². The number of fused-ring (bicyclic) bond motifs is 1. The zero-order chi connectivity index (χ0) is 25.7. The second kappa shape index (κ2) is 11.0. The number of halogens is 1. The van der Waals surface area contributed by atoms with Crippen LogP contribution in [0.3, 0.4) is 0 Å². The lowest BCUT2D eigenvalue weighted by atomic mass is 10.0. The van der Waals surface area contributed by atoms with Crippen LogP contribution in [0.25, 0.3) is 11.0 Å². The molecule has 0 aliphatic carbocycles. The summed E-state index contributed by atoms with van der Waals surface area (Å²) in [5, 5.41) is 15.5. The minimum Gasteiger partial charge on any atom is -0.467 e. The Morgan fingerprint density at radius 1 is 1.14 bits per heavy atom. The molecule has 0 spiro atoms. The van der Waals surface area contributed by atoms with E-state index in [9.17, 15) is 19.5 Å². The van der Waals surface area contributed by atoms with Crippen molar-refractivity contribution in [2.24, 2.45) is 0 Å². The zero-order valence-electron chi connectivity index (χ0n) is 19.1. The number of aliphatic hydroxyl groups is 1. The van der Waals surface area contributed by atoms with Crippen LogP contribution in [0, 0.1) is 0 Å². The summed E-state index contributed by atoms with van der Waals surface area (Å²) in [6.07, 6.45) is 1.74. The van der Waals surface area contributed by atoms with Gasteiger partial charge in [0.15, 0.2) is 0 Å². The molecular weight excluding hydrogens is 486 g/mol. The van der Waals surface area contributed by atoms with Crippen molar-refractivity contribution in [2.45, 2.75) is 12.5 Å². The number of rotatable bonds is 8. The number of nitrogens with zero attached hydrogens (tertiary/aromatic N) is 2. The summed E-state index contributed by atoms with van der Waals surface area (Å²) in [5.74, 6) is -1.14. The topological polar surface area (TPSA) is 146 Å².